The van der Waals surface area contributed by atoms with Gasteiger partial charge in [-0.3, -0.25) is 0 Å². The summed E-state index contributed by atoms with van der Waals surface area (Å²) < 4.78 is 0. The quantitative estimate of drug-likeness (QED) is 0.167. The van der Waals surface area contributed by atoms with Crippen LogP contribution in [0.15, 0.2) is 127 Å². The molecule has 0 aromatic heterocycles. The van der Waals surface area contributed by atoms with Crippen LogP contribution in [0.25, 0.3) is 0 Å². The van der Waals surface area contributed by atoms with Crippen molar-refractivity contribution in [1.29, 1.82) is 0 Å². The van der Waals surface area contributed by atoms with Crippen molar-refractivity contribution in [3.63, 3.8) is 0 Å². The van der Waals surface area contributed by atoms with E-state index >= 15 is 0 Å². The van der Waals surface area contributed by atoms with Crippen LogP contribution in [0.4, 0.5) is 39.8 Å². The Labute approximate surface area is 339 Å². The van der Waals surface area contributed by atoms with E-state index in [1.165, 1.54) is 117 Å². The third-order valence-corrected chi connectivity index (χ3v) is 16.4. The second kappa shape index (κ2) is 11.5. The van der Waals surface area contributed by atoms with Gasteiger partial charge >= 0.3 is 0 Å². The van der Waals surface area contributed by atoms with Crippen molar-refractivity contribution in [1.82, 2.24) is 0 Å². The molecule has 0 radical (unpaired) electrons. The van der Waals surface area contributed by atoms with Gasteiger partial charge in [-0.25, -0.2) is 0 Å². The molecule has 2 saturated carbocycles. The smallest absolute Gasteiger partial charge is 0.252 e. The van der Waals surface area contributed by atoms with E-state index in [1.807, 2.05) is 0 Å². The maximum atomic E-state index is 2.90. The van der Waals surface area contributed by atoms with Crippen LogP contribution in [-0.2, 0) is 10.8 Å². The Bertz CT molecular complexity index is 2670. The fraction of sp³-hybridized carbons (Fsp3) is 0.321. The molecule has 3 nitrogen and oxygen atoms in total. The summed E-state index contributed by atoms with van der Waals surface area (Å²) in [7, 11) is 0. The first-order valence-corrected chi connectivity index (χ1v) is 21.7. The molecule has 57 heavy (non-hydrogen) atoms. The van der Waals surface area contributed by atoms with E-state index in [1.54, 1.807) is 5.56 Å². The lowest BCUT2D eigenvalue weighted by atomic mass is 9.33. The van der Waals surface area contributed by atoms with Crippen molar-refractivity contribution in [2.75, 3.05) is 14.7 Å². The highest BCUT2D eigenvalue weighted by Gasteiger charge is 2.63. The Kier molecular flexibility index (Phi) is 6.81. The van der Waals surface area contributed by atoms with E-state index in [9.17, 15) is 0 Å². The predicted molar refractivity (Wildman–Crippen MR) is 241 cm³/mol. The van der Waals surface area contributed by atoms with Crippen molar-refractivity contribution in [3.05, 3.63) is 155 Å². The normalized spacial score (nSPS) is 27.3. The highest BCUT2D eigenvalue weighted by molar-refractivity contribution is 7.00. The molecule has 4 unspecified atom stereocenters. The summed E-state index contributed by atoms with van der Waals surface area (Å²) in [5.74, 6) is 0. The van der Waals surface area contributed by atoms with Crippen LogP contribution in [-0.4, -0.2) is 17.8 Å². The SMILES string of the molecule is Cc1cccc(N2c3cc(C)ccc3B3c4cccc5c4N(c4cc(N6c7ccccc7C7(c8ccccc8)CCCCC67C)cc2c43)C2(C)CCCCC52C)c1. The summed E-state index contributed by atoms with van der Waals surface area (Å²) in [6, 6.07) is 50.1. The maximum absolute atomic E-state index is 2.90. The second-order valence-electron chi connectivity index (χ2n) is 19.1. The van der Waals surface area contributed by atoms with E-state index in [0.29, 0.717) is 0 Å². The summed E-state index contributed by atoms with van der Waals surface area (Å²) in [5, 5.41) is 0. The lowest BCUT2D eigenvalue weighted by molar-refractivity contribution is 0.195. The number of nitrogens with zero attached hydrogens (tertiary/aromatic N) is 3. The first-order chi connectivity index (χ1) is 27.7. The van der Waals surface area contributed by atoms with Crippen LogP contribution < -0.4 is 31.1 Å². The van der Waals surface area contributed by atoms with Gasteiger partial charge in [-0.2, -0.15) is 0 Å². The van der Waals surface area contributed by atoms with Crippen LogP contribution in [0.3, 0.4) is 0 Å². The lowest BCUT2D eigenvalue weighted by Gasteiger charge is -2.54. The number of para-hydroxylation sites is 2. The molecule has 6 aromatic carbocycles. The number of benzene rings is 6. The third-order valence-electron chi connectivity index (χ3n) is 16.4. The van der Waals surface area contributed by atoms with Gasteiger partial charge in [-0.15, -0.1) is 0 Å². The molecule has 4 heteroatoms. The van der Waals surface area contributed by atoms with Crippen molar-refractivity contribution in [2.45, 2.75) is 108 Å². The number of hydrogen-bond donors (Lipinski definition) is 0. The zero-order valence-corrected chi connectivity index (χ0v) is 34.2. The van der Waals surface area contributed by atoms with Gasteiger partial charge in [-0.05, 0) is 134 Å². The van der Waals surface area contributed by atoms with Crippen molar-refractivity contribution >= 4 is 62.9 Å². The van der Waals surface area contributed by atoms with Crippen molar-refractivity contribution in [3.8, 4) is 0 Å². The Morgan fingerprint density at radius 2 is 1.19 bits per heavy atom. The molecule has 4 atom stereocenters. The molecule has 0 N–H and O–H groups in total. The van der Waals surface area contributed by atoms with Gasteiger partial charge in [0.2, 0.25) is 0 Å². The van der Waals surface area contributed by atoms with Crippen LogP contribution >= 0.6 is 0 Å². The van der Waals surface area contributed by atoms with E-state index in [2.05, 4.69) is 177 Å². The molecule has 2 aliphatic carbocycles. The molecule has 0 saturated heterocycles. The molecule has 4 aliphatic heterocycles. The van der Waals surface area contributed by atoms with Gasteiger partial charge in [0.1, 0.15) is 0 Å². The Morgan fingerprint density at radius 3 is 2.04 bits per heavy atom. The summed E-state index contributed by atoms with van der Waals surface area (Å²) >= 11 is 0. The number of hydrogen-bond acceptors (Lipinski definition) is 3. The molecule has 4 heterocycles. The number of anilines is 7. The topological polar surface area (TPSA) is 9.72 Å². The van der Waals surface area contributed by atoms with Crippen LogP contribution in [0, 0.1) is 13.8 Å². The van der Waals surface area contributed by atoms with Crippen LogP contribution in [0.2, 0.25) is 0 Å². The molecule has 0 amide bonds. The van der Waals surface area contributed by atoms with Gasteiger partial charge in [-0.1, -0.05) is 124 Å². The van der Waals surface area contributed by atoms with E-state index in [-0.39, 0.29) is 28.6 Å². The monoisotopic (exact) mass is 741 g/mol. The van der Waals surface area contributed by atoms with E-state index in [0.717, 1.165) is 12.8 Å². The van der Waals surface area contributed by atoms with E-state index in [4.69, 9.17) is 0 Å². The fourth-order valence-electron chi connectivity index (χ4n) is 13.7. The van der Waals surface area contributed by atoms with Gasteiger partial charge in [0.25, 0.3) is 6.71 Å². The van der Waals surface area contributed by atoms with Gasteiger partial charge < -0.3 is 14.7 Å². The Hall–Kier alpha value is -5.22. The Morgan fingerprint density at radius 1 is 0.491 bits per heavy atom. The maximum Gasteiger partial charge on any atom is 0.252 e. The molecular weight excluding hydrogens is 689 g/mol. The zero-order chi connectivity index (χ0) is 38.5. The van der Waals surface area contributed by atoms with E-state index < -0.39 is 0 Å². The van der Waals surface area contributed by atoms with Gasteiger partial charge in [0.05, 0.1) is 11.1 Å². The fourth-order valence-corrected chi connectivity index (χ4v) is 13.7. The lowest BCUT2D eigenvalue weighted by Crippen LogP contribution is -2.64. The van der Waals surface area contributed by atoms with Crippen molar-refractivity contribution < 1.29 is 0 Å². The Balaban J connectivity index is 1.21. The van der Waals surface area contributed by atoms with Gasteiger partial charge in [0, 0.05) is 50.6 Å². The summed E-state index contributed by atoms with van der Waals surface area (Å²) in [6.45, 7) is 12.5. The highest BCUT2D eigenvalue weighted by atomic mass is 15.3. The predicted octanol–water partition coefficient (Wildman–Crippen LogP) is 11.4. The molecule has 12 rings (SSSR count). The number of rotatable bonds is 3. The first kappa shape index (κ1) is 33.9. The first-order valence-electron chi connectivity index (χ1n) is 21.7. The minimum atomic E-state index is -0.153. The minimum Gasteiger partial charge on any atom is -0.335 e. The zero-order valence-electron chi connectivity index (χ0n) is 34.2. The molecule has 0 spiro atoms. The summed E-state index contributed by atoms with van der Waals surface area (Å²) in [5.41, 5.74) is 20.7. The van der Waals surface area contributed by atoms with Crippen LogP contribution in [0.5, 0.6) is 0 Å². The number of fused-ring (bicyclic) bond motifs is 10. The summed E-state index contributed by atoms with van der Waals surface area (Å²) in [4.78, 5) is 8.37. The van der Waals surface area contributed by atoms with Crippen LogP contribution in [0.1, 0.15) is 100.0 Å². The van der Waals surface area contributed by atoms with Gasteiger partial charge in [0.15, 0.2) is 0 Å². The number of aryl methyl sites for hydroxylation is 2. The third kappa shape index (κ3) is 4.05. The highest BCUT2D eigenvalue weighted by Crippen LogP contribution is 2.66. The standard InChI is InChI=1S/C53H52BN3/c1-35-17-15-20-38(31-35)55-45-32-36(2)25-26-42(45)54-43-23-16-22-41-49(43)57(51(4)28-12-11-27-50(41,51)3)47-34-39(33-46(55)48(47)54)56-44-24-10-9-21-40(44)53(37-18-7-6-8-19-37)30-14-13-29-52(53,56)5/h6-10,15-26,31-34H,11-14,27-30H2,1-5H3. The molecule has 2 fully saturated rings. The molecular formula is C53H52BN3. The average Bonchev–Trinajstić information content (AvgIpc) is 3.59. The molecule has 6 aromatic rings. The largest absolute Gasteiger partial charge is 0.335 e. The second-order valence-corrected chi connectivity index (χ2v) is 19.1. The summed E-state index contributed by atoms with van der Waals surface area (Å²) in [6.07, 6.45) is 9.75. The average molecular weight is 742 g/mol. The van der Waals surface area contributed by atoms with Crippen molar-refractivity contribution in [2.24, 2.45) is 0 Å². The molecule has 282 valence electrons. The molecule has 0 bridgehead atoms. The molecule has 6 aliphatic rings. The minimum absolute atomic E-state index is 0.0335.